The van der Waals surface area contributed by atoms with E-state index in [-0.39, 0.29) is 11.8 Å². The maximum atomic E-state index is 12.0. The highest BCUT2D eigenvalue weighted by atomic mass is 16.2. The molecule has 1 aromatic rings. The first-order chi connectivity index (χ1) is 7.66. The molecule has 1 aliphatic heterocycles. The SMILES string of the molecule is Cn1cc(C(=O)N2CCNC(=O)CC2)cn1. The van der Waals surface area contributed by atoms with Crippen LogP contribution in [0.15, 0.2) is 12.4 Å². The van der Waals surface area contributed by atoms with Crippen molar-refractivity contribution in [2.24, 2.45) is 7.05 Å². The van der Waals surface area contributed by atoms with Gasteiger partial charge in [0.05, 0.1) is 11.8 Å². The van der Waals surface area contributed by atoms with Gasteiger partial charge in [-0.1, -0.05) is 0 Å². The summed E-state index contributed by atoms with van der Waals surface area (Å²) in [6, 6.07) is 0. The van der Waals surface area contributed by atoms with E-state index in [0.717, 1.165) is 0 Å². The van der Waals surface area contributed by atoms with E-state index >= 15 is 0 Å². The number of aryl methyl sites for hydroxylation is 1. The average Bonchev–Trinajstić information content (AvgIpc) is 2.57. The topological polar surface area (TPSA) is 67.2 Å². The summed E-state index contributed by atoms with van der Waals surface area (Å²) in [5.41, 5.74) is 0.567. The number of nitrogens with zero attached hydrogens (tertiary/aromatic N) is 3. The van der Waals surface area contributed by atoms with Gasteiger partial charge in [-0.15, -0.1) is 0 Å². The Hall–Kier alpha value is -1.85. The molecule has 2 heterocycles. The van der Waals surface area contributed by atoms with E-state index < -0.39 is 0 Å². The second-order valence-corrected chi connectivity index (χ2v) is 3.79. The van der Waals surface area contributed by atoms with Gasteiger partial charge in [0.1, 0.15) is 0 Å². The van der Waals surface area contributed by atoms with E-state index in [2.05, 4.69) is 10.4 Å². The van der Waals surface area contributed by atoms with E-state index in [1.54, 1.807) is 29.0 Å². The van der Waals surface area contributed by atoms with Crippen LogP contribution in [-0.2, 0) is 11.8 Å². The Morgan fingerprint density at radius 2 is 2.31 bits per heavy atom. The lowest BCUT2D eigenvalue weighted by Gasteiger charge is -2.18. The van der Waals surface area contributed by atoms with Crippen LogP contribution in [0.2, 0.25) is 0 Å². The molecule has 2 amide bonds. The van der Waals surface area contributed by atoms with Crippen LogP contribution >= 0.6 is 0 Å². The van der Waals surface area contributed by atoms with Crippen LogP contribution in [0.4, 0.5) is 0 Å². The Bertz CT molecular complexity index is 413. The van der Waals surface area contributed by atoms with E-state index in [1.165, 1.54) is 0 Å². The van der Waals surface area contributed by atoms with E-state index in [0.29, 0.717) is 31.6 Å². The molecule has 1 aliphatic rings. The fourth-order valence-corrected chi connectivity index (χ4v) is 1.68. The minimum Gasteiger partial charge on any atom is -0.354 e. The third kappa shape index (κ3) is 2.21. The van der Waals surface area contributed by atoms with Crippen LogP contribution in [0.1, 0.15) is 16.8 Å². The molecule has 0 atom stereocenters. The fourth-order valence-electron chi connectivity index (χ4n) is 1.68. The molecule has 0 spiro atoms. The van der Waals surface area contributed by atoms with Crippen molar-refractivity contribution < 1.29 is 9.59 Å². The quantitative estimate of drug-likeness (QED) is 0.688. The highest BCUT2D eigenvalue weighted by Gasteiger charge is 2.20. The van der Waals surface area contributed by atoms with Gasteiger partial charge in [0.2, 0.25) is 5.91 Å². The van der Waals surface area contributed by atoms with E-state index in [4.69, 9.17) is 0 Å². The summed E-state index contributed by atoms with van der Waals surface area (Å²) in [7, 11) is 1.77. The molecule has 0 unspecified atom stereocenters. The highest BCUT2D eigenvalue weighted by molar-refractivity contribution is 5.94. The van der Waals surface area contributed by atoms with Gasteiger partial charge in [-0.25, -0.2) is 0 Å². The Balaban J connectivity index is 2.06. The Labute approximate surface area is 93.2 Å². The third-order valence-electron chi connectivity index (χ3n) is 2.55. The first kappa shape index (κ1) is 10.7. The van der Waals surface area contributed by atoms with E-state index in [9.17, 15) is 9.59 Å². The molecule has 6 nitrogen and oxygen atoms in total. The normalized spacial score (nSPS) is 16.8. The number of rotatable bonds is 1. The maximum Gasteiger partial charge on any atom is 0.257 e. The maximum absolute atomic E-state index is 12.0. The zero-order valence-electron chi connectivity index (χ0n) is 9.14. The summed E-state index contributed by atoms with van der Waals surface area (Å²) in [5, 5.41) is 6.69. The standard InChI is InChI=1S/C10H14N4O2/c1-13-7-8(6-12-13)10(16)14-4-2-9(15)11-3-5-14/h6-7H,2-5H2,1H3,(H,11,15). The number of nitrogens with one attached hydrogen (secondary N) is 1. The number of carbonyl (C=O) groups excluding carboxylic acids is 2. The number of hydrogen-bond donors (Lipinski definition) is 1. The molecule has 0 aliphatic carbocycles. The van der Waals surface area contributed by atoms with Gasteiger partial charge in [0.15, 0.2) is 0 Å². The summed E-state index contributed by atoms with van der Waals surface area (Å²) >= 11 is 0. The van der Waals surface area contributed by atoms with Crippen molar-refractivity contribution in [3.63, 3.8) is 0 Å². The van der Waals surface area contributed by atoms with Crippen LogP contribution in [0.3, 0.4) is 0 Å². The van der Waals surface area contributed by atoms with Crippen molar-refractivity contribution in [2.45, 2.75) is 6.42 Å². The molecule has 0 saturated carbocycles. The molecular weight excluding hydrogens is 208 g/mol. The molecular formula is C10H14N4O2. The van der Waals surface area contributed by atoms with Gasteiger partial charge in [0.25, 0.3) is 5.91 Å². The van der Waals surface area contributed by atoms with Gasteiger partial charge in [0, 0.05) is 39.3 Å². The summed E-state index contributed by atoms with van der Waals surface area (Å²) in [5.74, 6) is -0.0638. The predicted octanol–water partition coefficient (Wildman–Crippen LogP) is -0.618. The number of carbonyl (C=O) groups is 2. The second kappa shape index (κ2) is 4.34. The van der Waals surface area contributed by atoms with Crippen molar-refractivity contribution in [3.8, 4) is 0 Å². The molecule has 1 fully saturated rings. The van der Waals surface area contributed by atoms with Crippen LogP contribution in [-0.4, -0.2) is 46.1 Å². The van der Waals surface area contributed by atoms with Gasteiger partial charge in [-0.05, 0) is 0 Å². The molecule has 16 heavy (non-hydrogen) atoms. The van der Waals surface area contributed by atoms with Crippen molar-refractivity contribution in [1.29, 1.82) is 0 Å². The van der Waals surface area contributed by atoms with Crippen LogP contribution in [0, 0.1) is 0 Å². The molecule has 1 saturated heterocycles. The van der Waals surface area contributed by atoms with Crippen LogP contribution in [0.25, 0.3) is 0 Å². The minimum absolute atomic E-state index is 0.00138. The molecule has 86 valence electrons. The molecule has 0 bridgehead atoms. The minimum atomic E-state index is -0.0652. The molecule has 6 heteroatoms. The lowest BCUT2D eigenvalue weighted by molar-refractivity contribution is -0.120. The average molecular weight is 222 g/mol. The molecule has 2 rings (SSSR count). The summed E-state index contributed by atoms with van der Waals surface area (Å²) in [6.45, 7) is 1.55. The Kier molecular flexibility index (Phi) is 2.89. The lowest BCUT2D eigenvalue weighted by Crippen LogP contribution is -2.34. The zero-order valence-corrected chi connectivity index (χ0v) is 9.14. The molecule has 1 aromatic heterocycles. The monoisotopic (exact) mass is 222 g/mol. The van der Waals surface area contributed by atoms with Gasteiger partial charge >= 0.3 is 0 Å². The lowest BCUT2D eigenvalue weighted by atomic mass is 10.3. The molecule has 0 aromatic carbocycles. The smallest absolute Gasteiger partial charge is 0.257 e. The van der Waals surface area contributed by atoms with Gasteiger partial charge < -0.3 is 10.2 Å². The fraction of sp³-hybridized carbons (Fsp3) is 0.500. The van der Waals surface area contributed by atoms with Gasteiger partial charge in [-0.2, -0.15) is 5.10 Å². The predicted molar refractivity (Wildman–Crippen MR) is 56.7 cm³/mol. The van der Waals surface area contributed by atoms with Crippen molar-refractivity contribution in [1.82, 2.24) is 20.0 Å². The van der Waals surface area contributed by atoms with Crippen LogP contribution < -0.4 is 5.32 Å². The number of hydrogen-bond acceptors (Lipinski definition) is 3. The van der Waals surface area contributed by atoms with Crippen molar-refractivity contribution in [3.05, 3.63) is 18.0 Å². The van der Waals surface area contributed by atoms with E-state index in [1.807, 2.05) is 0 Å². The third-order valence-corrected chi connectivity index (χ3v) is 2.55. The molecule has 0 radical (unpaired) electrons. The largest absolute Gasteiger partial charge is 0.354 e. The number of aromatic nitrogens is 2. The molecule has 1 N–H and O–H groups in total. The first-order valence-corrected chi connectivity index (χ1v) is 5.21. The summed E-state index contributed by atoms with van der Waals surface area (Å²) < 4.78 is 1.59. The Morgan fingerprint density at radius 3 is 3.00 bits per heavy atom. The van der Waals surface area contributed by atoms with Gasteiger partial charge in [-0.3, -0.25) is 14.3 Å². The van der Waals surface area contributed by atoms with Crippen LogP contribution in [0.5, 0.6) is 0 Å². The first-order valence-electron chi connectivity index (χ1n) is 5.21. The summed E-state index contributed by atoms with van der Waals surface area (Å²) in [4.78, 5) is 24.8. The van der Waals surface area contributed by atoms with Crippen molar-refractivity contribution in [2.75, 3.05) is 19.6 Å². The second-order valence-electron chi connectivity index (χ2n) is 3.79. The Morgan fingerprint density at radius 1 is 1.50 bits per heavy atom. The zero-order chi connectivity index (χ0) is 11.5. The number of amides is 2. The van der Waals surface area contributed by atoms with Crippen molar-refractivity contribution >= 4 is 11.8 Å². The summed E-state index contributed by atoms with van der Waals surface area (Å²) in [6.07, 6.45) is 3.59. The highest BCUT2D eigenvalue weighted by Crippen LogP contribution is 2.05.